The highest BCUT2D eigenvalue weighted by molar-refractivity contribution is 6.20. The molecule has 0 unspecified atom stereocenters. The summed E-state index contributed by atoms with van der Waals surface area (Å²) < 4.78 is 0. The molecule has 2 aliphatic rings. The molecule has 0 atom stereocenters. The van der Waals surface area contributed by atoms with Crippen LogP contribution < -0.4 is 0 Å². The van der Waals surface area contributed by atoms with Crippen molar-refractivity contribution in [3.8, 4) is 0 Å². The fourth-order valence-corrected chi connectivity index (χ4v) is 3.80. The molecule has 0 N–H and O–H groups in total. The number of ketones is 3. The van der Waals surface area contributed by atoms with Gasteiger partial charge in [-0.2, -0.15) is 0 Å². The highest BCUT2D eigenvalue weighted by atomic mass is 16.2. The van der Waals surface area contributed by atoms with E-state index in [1.54, 1.807) is 0 Å². The Bertz CT molecular complexity index is 612. The summed E-state index contributed by atoms with van der Waals surface area (Å²) >= 11 is 0. The highest BCUT2D eigenvalue weighted by Crippen LogP contribution is 2.35. The largest absolute Gasteiger partial charge is 0.298 e. The second-order valence-corrected chi connectivity index (χ2v) is 6.57. The first-order valence-corrected chi connectivity index (χ1v) is 8.30. The van der Waals surface area contributed by atoms with E-state index in [4.69, 9.17) is 0 Å². The molecule has 1 aromatic carbocycles. The van der Waals surface area contributed by atoms with Gasteiger partial charge in [-0.1, -0.05) is 25.1 Å². The maximum atomic E-state index is 12.3. The number of carbonyl (C=O) groups excluding carboxylic acids is 3. The van der Waals surface area contributed by atoms with Gasteiger partial charge in [0.2, 0.25) is 0 Å². The summed E-state index contributed by atoms with van der Waals surface area (Å²) in [6, 6.07) is 6.37. The zero-order valence-electron chi connectivity index (χ0n) is 13.1. The first kappa shape index (κ1) is 15.1. The molecule has 0 aliphatic heterocycles. The SMILES string of the molecule is CCCC(=O)C1C(=O)CC(c2ccc3c(c2)CCC3)CC1=O. The van der Waals surface area contributed by atoms with Gasteiger partial charge in [-0.15, -0.1) is 0 Å². The highest BCUT2D eigenvalue weighted by Gasteiger charge is 2.39. The number of fused-ring (bicyclic) bond motifs is 1. The number of aryl methyl sites for hydroxylation is 2. The zero-order chi connectivity index (χ0) is 15.7. The fraction of sp³-hybridized carbons (Fsp3) is 0.526. The van der Waals surface area contributed by atoms with Gasteiger partial charge >= 0.3 is 0 Å². The van der Waals surface area contributed by atoms with Gasteiger partial charge in [-0.3, -0.25) is 14.4 Å². The number of hydrogen-bond acceptors (Lipinski definition) is 3. The second-order valence-electron chi connectivity index (χ2n) is 6.57. The summed E-state index contributed by atoms with van der Waals surface area (Å²) in [6.07, 6.45) is 5.07. The monoisotopic (exact) mass is 298 g/mol. The van der Waals surface area contributed by atoms with E-state index in [1.165, 1.54) is 17.5 Å². The van der Waals surface area contributed by atoms with Crippen molar-refractivity contribution < 1.29 is 14.4 Å². The van der Waals surface area contributed by atoms with Crippen molar-refractivity contribution in [1.29, 1.82) is 0 Å². The lowest BCUT2D eigenvalue weighted by Crippen LogP contribution is -2.38. The maximum Gasteiger partial charge on any atom is 0.151 e. The lowest BCUT2D eigenvalue weighted by atomic mass is 9.74. The van der Waals surface area contributed by atoms with Crippen molar-refractivity contribution in [3.05, 3.63) is 34.9 Å². The number of Topliss-reactive ketones (excluding diaryl/α,β-unsaturated/α-hetero) is 3. The normalized spacial score (nSPS) is 24.4. The van der Waals surface area contributed by atoms with Crippen molar-refractivity contribution in [2.75, 3.05) is 0 Å². The van der Waals surface area contributed by atoms with Crippen LogP contribution >= 0.6 is 0 Å². The van der Waals surface area contributed by atoms with Crippen LogP contribution in [0.2, 0.25) is 0 Å². The van der Waals surface area contributed by atoms with E-state index in [9.17, 15) is 14.4 Å². The standard InChI is InChI=1S/C19H22O3/c1-2-4-16(20)19-17(21)10-15(11-18(19)22)14-8-7-12-5-3-6-13(12)9-14/h7-9,15,19H,2-6,10-11H2,1H3. The van der Waals surface area contributed by atoms with Gasteiger partial charge < -0.3 is 0 Å². The smallest absolute Gasteiger partial charge is 0.151 e. The van der Waals surface area contributed by atoms with E-state index in [0.717, 1.165) is 18.4 Å². The Kier molecular flexibility index (Phi) is 4.23. The minimum Gasteiger partial charge on any atom is -0.298 e. The van der Waals surface area contributed by atoms with Gasteiger partial charge in [0, 0.05) is 19.3 Å². The van der Waals surface area contributed by atoms with E-state index in [-0.39, 0.29) is 23.3 Å². The van der Waals surface area contributed by atoms with Crippen LogP contribution in [0.25, 0.3) is 0 Å². The fourth-order valence-electron chi connectivity index (χ4n) is 3.80. The molecule has 3 rings (SSSR count). The van der Waals surface area contributed by atoms with E-state index in [1.807, 2.05) is 6.92 Å². The molecule has 1 fully saturated rings. The molecule has 0 saturated heterocycles. The molecule has 0 aromatic heterocycles. The van der Waals surface area contributed by atoms with Crippen LogP contribution in [-0.4, -0.2) is 17.3 Å². The Balaban J connectivity index is 1.77. The molecule has 0 heterocycles. The molecule has 1 aromatic rings. The predicted octanol–water partition coefficient (Wildman–Crippen LogP) is 3.18. The van der Waals surface area contributed by atoms with E-state index < -0.39 is 5.92 Å². The topological polar surface area (TPSA) is 51.2 Å². The van der Waals surface area contributed by atoms with Gasteiger partial charge in [-0.25, -0.2) is 0 Å². The number of rotatable bonds is 4. The first-order chi connectivity index (χ1) is 10.6. The number of hydrogen-bond donors (Lipinski definition) is 0. The van der Waals surface area contributed by atoms with Crippen LogP contribution in [0.3, 0.4) is 0 Å². The van der Waals surface area contributed by atoms with Crippen LogP contribution in [0, 0.1) is 5.92 Å². The second kappa shape index (κ2) is 6.15. The Morgan fingerprint density at radius 3 is 2.45 bits per heavy atom. The van der Waals surface area contributed by atoms with Crippen molar-refractivity contribution >= 4 is 17.3 Å². The van der Waals surface area contributed by atoms with E-state index in [0.29, 0.717) is 25.7 Å². The van der Waals surface area contributed by atoms with Gasteiger partial charge in [0.25, 0.3) is 0 Å². The number of carbonyl (C=O) groups is 3. The quantitative estimate of drug-likeness (QED) is 0.802. The Morgan fingerprint density at radius 2 is 1.77 bits per heavy atom. The van der Waals surface area contributed by atoms with Crippen molar-refractivity contribution in [1.82, 2.24) is 0 Å². The van der Waals surface area contributed by atoms with Gasteiger partial charge in [0.05, 0.1) is 0 Å². The van der Waals surface area contributed by atoms with E-state index in [2.05, 4.69) is 18.2 Å². The maximum absolute atomic E-state index is 12.3. The minimum absolute atomic E-state index is 0.0448. The number of benzene rings is 1. The average molecular weight is 298 g/mol. The molecular formula is C19H22O3. The summed E-state index contributed by atoms with van der Waals surface area (Å²) in [5.41, 5.74) is 3.85. The van der Waals surface area contributed by atoms with E-state index >= 15 is 0 Å². The molecule has 1 saturated carbocycles. The molecule has 0 amide bonds. The third kappa shape index (κ3) is 2.77. The molecule has 22 heavy (non-hydrogen) atoms. The van der Waals surface area contributed by atoms with Crippen LogP contribution in [-0.2, 0) is 27.2 Å². The zero-order valence-corrected chi connectivity index (χ0v) is 13.1. The molecular weight excluding hydrogens is 276 g/mol. The molecule has 0 spiro atoms. The molecule has 116 valence electrons. The Labute approximate surface area is 131 Å². The van der Waals surface area contributed by atoms with Gasteiger partial charge in [0.15, 0.2) is 17.3 Å². The summed E-state index contributed by atoms with van der Waals surface area (Å²) in [6.45, 7) is 1.89. The molecule has 3 heteroatoms. The first-order valence-electron chi connectivity index (χ1n) is 8.30. The minimum atomic E-state index is -0.981. The Morgan fingerprint density at radius 1 is 1.09 bits per heavy atom. The third-order valence-electron chi connectivity index (χ3n) is 4.95. The summed E-state index contributed by atoms with van der Waals surface area (Å²) in [4.78, 5) is 36.6. The van der Waals surface area contributed by atoms with Crippen molar-refractivity contribution in [2.24, 2.45) is 5.92 Å². The van der Waals surface area contributed by atoms with Crippen LogP contribution in [0.1, 0.15) is 61.6 Å². The molecule has 0 bridgehead atoms. The summed E-state index contributed by atoms with van der Waals surface area (Å²) in [7, 11) is 0. The molecule has 3 nitrogen and oxygen atoms in total. The lowest BCUT2D eigenvalue weighted by molar-refractivity contribution is -0.142. The molecule has 0 radical (unpaired) electrons. The van der Waals surface area contributed by atoms with Crippen LogP contribution in [0.15, 0.2) is 18.2 Å². The lowest BCUT2D eigenvalue weighted by Gasteiger charge is -2.26. The summed E-state index contributed by atoms with van der Waals surface area (Å²) in [5.74, 6) is -1.58. The average Bonchev–Trinajstić information content (AvgIpc) is 2.94. The van der Waals surface area contributed by atoms with Gasteiger partial charge in [-0.05, 0) is 48.3 Å². The van der Waals surface area contributed by atoms with Crippen molar-refractivity contribution in [3.63, 3.8) is 0 Å². The van der Waals surface area contributed by atoms with Gasteiger partial charge in [0.1, 0.15) is 5.92 Å². The van der Waals surface area contributed by atoms with Crippen molar-refractivity contribution in [2.45, 2.75) is 57.8 Å². The Hall–Kier alpha value is -1.77. The molecule has 2 aliphatic carbocycles. The third-order valence-corrected chi connectivity index (χ3v) is 4.95. The van der Waals surface area contributed by atoms with Crippen LogP contribution in [0.5, 0.6) is 0 Å². The predicted molar refractivity (Wildman–Crippen MR) is 83.9 cm³/mol. The van der Waals surface area contributed by atoms with Crippen LogP contribution in [0.4, 0.5) is 0 Å². The summed E-state index contributed by atoms with van der Waals surface area (Å²) in [5, 5.41) is 0.